The van der Waals surface area contributed by atoms with Crippen LogP contribution in [0.2, 0.25) is 0 Å². The van der Waals surface area contributed by atoms with Crippen molar-refractivity contribution in [3.8, 4) is 0 Å². The van der Waals surface area contributed by atoms with E-state index in [1.165, 1.54) is 0 Å². The van der Waals surface area contributed by atoms with Gasteiger partial charge in [0.25, 0.3) is 0 Å². The van der Waals surface area contributed by atoms with Crippen LogP contribution in [0.5, 0.6) is 0 Å². The molecule has 0 aromatic carbocycles. The molecular formula is CH4MgN2O. The highest BCUT2D eigenvalue weighted by Gasteiger charge is 1.60. The lowest BCUT2D eigenvalue weighted by Gasteiger charge is -1.62. The molecule has 2 amide bonds. The molecule has 3 nitrogen and oxygen atoms in total. The number of hydrogen-bond acceptors (Lipinski definition) is 1. The average Bonchev–Trinajstić information content (AvgIpc) is 0.811. The Balaban J connectivity index is 0. The minimum atomic E-state index is -0.833. The van der Waals surface area contributed by atoms with E-state index < -0.39 is 6.03 Å². The van der Waals surface area contributed by atoms with Gasteiger partial charge in [-0.05, 0) is 0 Å². The van der Waals surface area contributed by atoms with E-state index in [9.17, 15) is 0 Å². The van der Waals surface area contributed by atoms with Crippen molar-refractivity contribution in [1.29, 1.82) is 0 Å². The molecule has 0 aliphatic heterocycles. The van der Waals surface area contributed by atoms with Gasteiger partial charge in [0.15, 0.2) is 0 Å². The molecule has 0 rings (SSSR count). The van der Waals surface area contributed by atoms with Gasteiger partial charge in [-0.1, -0.05) is 0 Å². The molecule has 5 heavy (non-hydrogen) atoms. The second kappa shape index (κ2) is 4.04. The first-order valence-corrected chi connectivity index (χ1v) is 0.781. The van der Waals surface area contributed by atoms with Crippen LogP contribution in [-0.2, 0) is 0 Å². The monoisotopic (exact) mass is 84.0 g/mol. The molecule has 0 aromatic rings. The van der Waals surface area contributed by atoms with Crippen molar-refractivity contribution >= 4 is 29.1 Å². The van der Waals surface area contributed by atoms with Crippen molar-refractivity contribution in [2.45, 2.75) is 0 Å². The predicted molar refractivity (Wildman–Crippen MR) is 19.5 cm³/mol. The maximum absolute atomic E-state index is 9.00. The summed E-state index contributed by atoms with van der Waals surface area (Å²) in [5.41, 5.74) is 8.50. The van der Waals surface area contributed by atoms with Gasteiger partial charge in [0.05, 0.1) is 0 Å². The minimum Gasteiger partial charge on any atom is -0.352 e. The van der Waals surface area contributed by atoms with Crippen molar-refractivity contribution < 1.29 is 4.79 Å². The van der Waals surface area contributed by atoms with Gasteiger partial charge < -0.3 is 11.5 Å². The molecule has 0 saturated heterocycles. The molecule has 0 fully saturated rings. The van der Waals surface area contributed by atoms with Gasteiger partial charge in [-0.3, -0.25) is 0 Å². The fourth-order valence-electron chi connectivity index (χ4n) is 0. The molecule has 4 heteroatoms. The zero-order valence-electron chi connectivity index (χ0n) is 2.77. The number of urea groups is 1. The van der Waals surface area contributed by atoms with E-state index in [0.717, 1.165) is 0 Å². The highest BCUT2D eigenvalue weighted by Crippen LogP contribution is 1.25. The lowest BCUT2D eigenvalue weighted by Crippen LogP contribution is -2.18. The maximum Gasteiger partial charge on any atom is 0.309 e. The van der Waals surface area contributed by atoms with Crippen molar-refractivity contribution in [3.63, 3.8) is 0 Å². The average molecular weight is 84.4 g/mol. The molecule has 0 atom stereocenters. The Labute approximate surface area is 45.9 Å². The smallest absolute Gasteiger partial charge is 0.309 e. The van der Waals surface area contributed by atoms with E-state index in [4.69, 9.17) is 4.79 Å². The second-order valence-corrected chi connectivity index (χ2v) is 0.402. The molecule has 4 N–H and O–H groups in total. The first-order chi connectivity index (χ1) is 1.73. The summed E-state index contributed by atoms with van der Waals surface area (Å²) in [6.07, 6.45) is 0. The maximum atomic E-state index is 9.00. The SMILES string of the molecule is NC(N)=O.[Mg]. The standard InChI is InChI=1S/CH4N2O.Mg/c2-1(3)4;/h(H4,2,3,4);. The summed E-state index contributed by atoms with van der Waals surface area (Å²) in [6, 6.07) is -0.833. The third-order valence-electron chi connectivity index (χ3n) is 0. The normalized spacial score (nSPS) is 4.80. The molecule has 2 radical (unpaired) electrons. The van der Waals surface area contributed by atoms with Crippen molar-refractivity contribution in [2.75, 3.05) is 0 Å². The van der Waals surface area contributed by atoms with Crippen molar-refractivity contribution in [1.82, 2.24) is 0 Å². The number of carbonyl (C=O) groups is 1. The highest BCUT2D eigenvalue weighted by molar-refractivity contribution is 5.75. The number of hydrogen-bond donors (Lipinski definition) is 2. The van der Waals surface area contributed by atoms with E-state index in [-0.39, 0.29) is 23.1 Å². The zero-order chi connectivity index (χ0) is 3.58. The summed E-state index contributed by atoms with van der Waals surface area (Å²) in [6.45, 7) is 0. The summed E-state index contributed by atoms with van der Waals surface area (Å²) >= 11 is 0. The quantitative estimate of drug-likeness (QED) is 0.350. The Bertz CT molecular complexity index is 32.6. The third kappa shape index (κ3) is 12700. The number of primary amides is 2. The summed E-state index contributed by atoms with van der Waals surface area (Å²) in [5, 5.41) is 0. The summed E-state index contributed by atoms with van der Waals surface area (Å²) < 4.78 is 0. The van der Waals surface area contributed by atoms with Crippen LogP contribution in [0.15, 0.2) is 0 Å². The Morgan fingerprint density at radius 2 is 1.40 bits per heavy atom. The Hall–Kier alpha value is 0.0362. The van der Waals surface area contributed by atoms with Crippen LogP contribution in [0.25, 0.3) is 0 Å². The molecule has 0 saturated carbocycles. The fraction of sp³-hybridized carbons (Fsp3) is 0. The lowest BCUT2D eigenvalue weighted by atomic mass is 11.2. The highest BCUT2D eigenvalue weighted by atomic mass is 24.3. The Morgan fingerprint density at radius 1 is 1.40 bits per heavy atom. The third-order valence-corrected chi connectivity index (χ3v) is 0. The Kier molecular flexibility index (Phi) is 7.18. The van der Waals surface area contributed by atoms with Gasteiger partial charge in [-0.25, -0.2) is 4.79 Å². The van der Waals surface area contributed by atoms with Crippen molar-refractivity contribution in [2.24, 2.45) is 11.5 Å². The van der Waals surface area contributed by atoms with Gasteiger partial charge in [-0.2, -0.15) is 0 Å². The van der Waals surface area contributed by atoms with Gasteiger partial charge in [0, 0.05) is 23.1 Å². The van der Waals surface area contributed by atoms with E-state index in [0.29, 0.717) is 0 Å². The van der Waals surface area contributed by atoms with E-state index in [2.05, 4.69) is 11.5 Å². The second-order valence-electron chi connectivity index (χ2n) is 0.402. The number of amides is 2. The lowest BCUT2D eigenvalue weighted by molar-refractivity contribution is 0.256. The van der Waals surface area contributed by atoms with Gasteiger partial charge in [0.2, 0.25) is 0 Å². The summed E-state index contributed by atoms with van der Waals surface area (Å²) in [7, 11) is 0. The van der Waals surface area contributed by atoms with Gasteiger partial charge in [0.1, 0.15) is 0 Å². The topological polar surface area (TPSA) is 69.1 Å². The first kappa shape index (κ1) is 8.90. The van der Waals surface area contributed by atoms with E-state index in [1.54, 1.807) is 0 Å². The molecule has 0 aliphatic rings. The molecule has 0 bridgehead atoms. The minimum absolute atomic E-state index is 0. The fourth-order valence-corrected chi connectivity index (χ4v) is 0. The Morgan fingerprint density at radius 3 is 1.40 bits per heavy atom. The van der Waals surface area contributed by atoms with Crippen LogP contribution in [0.1, 0.15) is 0 Å². The molecular weight excluding hydrogens is 80.3 g/mol. The number of carbonyl (C=O) groups excluding carboxylic acids is 1. The molecule has 0 heterocycles. The van der Waals surface area contributed by atoms with Gasteiger partial charge >= 0.3 is 6.03 Å². The molecule has 26 valence electrons. The molecule has 0 spiro atoms. The van der Waals surface area contributed by atoms with Crippen molar-refractivity contribution in [3.05, 3.63) is 0 Å². The summed E-state index contributed by atoms with van der Waals surface area (Å²) in [5.74, 6) is 0. The zero-order valence-corrected chi connectivity index (χ0v) is 4.18. The van der Waals surface area contributed by atoms with E-state index >= 15 is 0 Å². The van der Waals surface area contributed by atoms with Crippen LogP contribution in [0.4, 0.5) is 4.79 Å². The van der Waals surface area contributed by atoms with Crippen LogP contribution in [0, 0.1) is 0 Å². The molecule has 0 aromatic heterocycles. The van der Waals surface area contributed by atoms with Gasteiger partial charge in [-0.15, -0.1) is 0 Å². The molecule has 0 unspecified atom stereocenters. The largest absolute Gasteiger partial charge is 0.352 e. The van der Waals surface area contributed by atoms with Crippen LogP contribution in [0.3, 0.4) is 0 Å². The van der Waals surface area contributed by atoms with Crippen LogP contribution in [-0.4, -0.2) is 29.1 Å². The predicted octanol–water partition coefficient (Wildman–Crippen LogP) is -1.36. The first-order valence-electron chi connectivity index (χ1n) is 0.781. The number of rotatable bonds is 0. The van der Waals surface area contributed by atoms with Crippen LogP contribution >= 0.6 is 0 Å². The van der Waals surface area contributed by atoms with Crippen LogP contribution < -0.4 is 11.5 Å². The van der Waals surface area contributed by atoms with E-state index in [1.807, 2.05) is 0 Å². The number of nitrogens with two attached hydrogens (primary N) is 2. The molecule has 0 aliphatic carbocycles. The summed E-state index contributed by atoms with van der Waals surface area (Å²) in [4.78, 5) is 9.00.